The Bertz CT molecular complexity index is 629. The molecule has 0 fully saturated rings. The van der Waals surface area contributed by atoms with Crippen LogP contribution in [0.1, 0.15) is 5.56 Å². The summed E-state index contributed by atoms with van der Waals surface area (Å²) in [5.41, 5.74) is 3.53. The highest BCUT2D eigenvalue weighted by Gasteiger charge is 1.99. The van der Waals surface area contributed by atoms with Gasteiger partial charge in [-0.3, -0.25) is 0 Å². The van der Waals surface area contributed by atoms with Crippen molar-refractivity contribution in [3.05, 3.63) is 64.9 Å². The molecule has 0 aliphatic rings. The molecule has 2 N–H and O–H groups in total. The molecule has 20 heavy (non-hydrogen) atoms. The molecule has 0 unspecified atom stereocenters. The fraction of sp³-hybridized carbons (Fsp3) is 0. The molecule has 0 atom stereocenters. The van der Waals surface area contributed by atoms with Gasteiger partial charge in [-0.15, -0.1) is 0 Å². The lowest BCUT2D eigenvalue weighted by molar-refractivity contribution is 0.252. The number of benzene rings is 2. The van der Waals surface area contributed by atoms with Crippen molar-refractivity contribution in [2.75, 3.05) is 5.32 Å². The van der Waals surface area contributed by atoms with Crippen molar-refractivity contribution in [1.29, 1.82) is 0 Å². The number of halogens is 2. The van der Waals surface area contributed by atoms with Crippen LogP contribution in [0.4, 0.5) is 14.9 Å². The van der Waals surface area contributed by atoms with Crippen LogP contribution in [0.5, 0.6) is 0 Å². The number of amides is 2. The summed E-state index contributed by atoms with van der Waals surface area (Å²) >= 11 is 5.79. The van der Waals surface area contributed by atoms with Crippen molar-refractivity contribution in [2.24, 2.45) is 5.10 Å². The summed E-state index contributed by atoms with van der Waals surface area (Å²) in [5, 5.41) is 6.84. The van der Waals surface area contributed by atoms with Gasteiger partial charge in [-0.05, 0) is 35.9 Å². The highest BCUT2D eigenvalue weighted by Crippen LogP contribution is 2.14. The number of urea groups is 1. The van der Waals surface area contributed by atoms with Crippen LogP contribution < -0.4 is 10.7 Å². The molecule has 4 nitrogen and oxygen atoms in total. The summed E-state index contributed by atoms with van der Waals surface area (Å²) in [7, 11) is 0. The lowest BCUT2D eigenvalue weighted by atomic mass is 10.2. The summed E-state index contributed by atoms with van der Waals surface area (Å²) in [6.07, 6.45) is 1.41. The van der Waals surface area contributed by atoms with Crippen LogP contribution in [0.2, 0.25) is 5.02 Å². The number of anilines is 1. The number of hydrazone groups is 1. The third-order valence-electron chi connectivity index (χ3n) is 2.33. The van der Waals surface area contributed by atoms with Gasteiger partial charge in [0.15, 0.2) is 0 Å². The van der Waals surface area contributed by atoms with Gasteiger partial charge in [0, 0.05) is 10.7 Å². The summed E-state index contributed by atoms with van der Waals surface area (Å²) in [6.45, 7) is 0. The maximum absolute atomic E-state index is 12.7. The van der Waals surface area contributed by atoms with E-state index in [0.29, 0.717) is 16.3 Å². The second-order valence-electron chi connectivity index (χ2n) is 3.89. The van der Waals surface area contributed by atoms with E-state index in [1.807, 2.05) is 0 Å². The van der Waals surface area contributed by atoms with Crippen molar-refractivity contribution in [1.82, 2.24) is 5.43 Å². The largest absolute Gasteiger partial charge is 0.339 e. The Morgan fingerprint density at radius 3 is 2.65 bits per heavy atom. The van der Waals surface area contributed by atoms with E-state index in [2.05, 4.69) is 15.8 Å². The summed E-state index contributed by atoms with van der Waals surface area (Å²) in [4.78, 5) is 11.5. The van der Waals surface area contributed by atoms with Gasteiger partial charge in [-0.1, -0.05) is 29.8 Å². The van der Waals surface area contributed by atoms with Crippen LogP contribution in [0.25, 0.3) is 0 Å². The molecule has 0 heterocycles. The van der Waals surface area contributed by atoms with Gasteiger partial charge in [0.2, 0.25) is 0 Å². The van der Waals surface area contributed by atoms with Crippen molar-refractivity contribution in [3.63, 3.8) is 0 Å². The zero-order valence-electron chi connectivity index (χ0n) is 10.3. The third kappa shape index (κ3) is 4.37. The molecule has 0 aliphatic carbocycles. The van der Waals surface area contributed by atoms with E-state index in [1.54, 1.807) is 36.4 Å². The summed E-state index contributed by atoms with van der Waals surface area (Å²) < 4.78 is 12.7. The normalized spacial score (nSPS) is 10.5. The second-order valence-corrected chi connectivity index (χ2v) is 4.32. The highest BCUT2D eigenvalue weighted by atomic mass is 35.5. The average Bonchev–Trinajstić information content (AvgIpc) is 2.41. The quantitative estimate of drug-likeness (QED) is 0.658. The molecule has 0 radical (unpaired) electrons. The maximum Gasteiger partial charge on any atom is 0.339 e. The first-order chi connectivity index (χ1) is 9.63. The van der Waals surface area contributed by atoms with Gasteiger partial charge >= 0.3 is 6.03 Å². The molecule has 2 amide bonds. The number of nitrogens with one attached hydrogen (secondary N) is 2. The molecule has 0 aliphatic heterocycles. The minimum absolute atomic E-state index is 0.325. The van der Waals surface area contributed by atoms with Crippen LogP contribution >= 0.6 is 11.6 Å². The standard InChI is InChI=1S/C14H11ClFN3O/c15-11-2-1-3-13(8-11)18-14(20)19-17-9-10-4-6-12(16)7-5-10/h1-9H,(H2,18,19,20)/b17-9-. The topological polar surface area (TPSA) is 53.5 Å². The van der Waals surface area contributed by atoms with Crippen LogP contribution in [0, 0.1) is 5.82 Å². The fourth-order valence-corrected chi connectivity index (χ4v) is 1.63. The molecule has 0 spiro atoms. The Morgan fingerprint density at radius 2 is 1.95 bits per heavy atom. The number of hydrogen-bond acceptors (Lipinski definition) is 2. The minimum atomic E-state index is -0.495. The number of nitrogens with zero attached hydrogens (tertiary/aromatic N) is 1. The van der Waals surface area contributed by atoms with E-state index >= 15 is 0 Å². The van der Waals surface area contributed by atoms with Crippen molar-refractivity contribution >= 4 is 29.5 Å². The van der Waals surface area contributed by atoms with Crippen molar-refractivity contribution < 1.29 is 9.18 Å². The first-order valence-electron chi connectivity index (χ1n) is 5.75. The minimum Gasteiger partial charge on any atom is -0.306 e. The maximum atomic E-state index is 12.7. The molecule has 0 saturated carbocycles. The van der Waals surface area contributed by atoms with Gasteiger partial charge in [0.05, 0.1) is 6.21 Å². The molecule has 2 aromatic carbocycles. The number of carbonyl (C=O) groups excluding carboxylic acids is 1. The third-order valence-corrected chi connectivity index (χ3v) is 2.57. The fourth-order valence-electron chi connectivity index (χ4n) is 1.44. The lowest BCUT2D eigenvalue weighted by Gasteiger charge is -2.04. The molecule has 0 aromatic heterocycles. The number of hydrogen-bond donors (Lipinski definition) is 2. The molecule has 0 bridgehead atoms. The predicted octanol–water partition coefficient (Wildman–Crippen LogP) is 3.63. The summed E-state index contributed by atoms with van der Waals surface area (Å²) in [6, 6.07) is 12.0. The van der Waals surface area contributed by atoms with E-state index in [9.17, 15) is 9.18 Å². The van der Waals surface area contributed by atoms with E-state index in [4.69, 9.17) is 11.6 Å². The van der Waals surface area contributed by atoms with Crippen LogP contribution in [-0.2, 0) is 0 Å². The zero-order valence-corrected chi connectivity index (χ0v) is 11.1. The molecule has 102 valence electrons. The Balaban J connectivity index is 1.87. The number of carbonyl (C=O) groups is 1. The Labute approximate surface area is 120 Å². The van der Waals surface area contributed by atoms with Gasteiger partial charge in [0.1, 0.15) is 5.82 Å². The Hall–Kier alpha value is -2.40. The van der Waals surface area contributed by atoms with Gasteiger partial charge in [0.25, 0.3) is 0 Å². The first-order valence-corrected chi connectivity index (χ1v) is 6.12. The van der Waals surface area contributed by atoms with E-state index in [0.717, 1.165) is 0 Å². The van der Waals surface area contributed by atoms with Gasteiger partial charge in [-0.2, -0.15) is 5.10 Å². The van der Waals surface area contributed by atoms with E-state index in [1.165, 1.54) is 18.3 Å². The zero-order chi connectivity index (χ0) is 14.4. The van der Waals surface area contributed by atoms with E-state index in [-0.39, 0.29) is 5.82 Å². The molecule has 0 saturated heterocycles. The Kier molecular flexibility index (Phi) is 4.68. The predicted molar refractivity (Wildman–Crippen MR) is 77.6 cm³/mol. The van der Waals surface area contributed by atoms with Crippen LogP contribution in [0.15, 0.2) is 53.6 Å². The molecular formula is C14H11ClFN3O. The van der Waals surface area contributed by atoms with Crippen LogP contribution in [-0.4, -0.2) is 12.2 Å². The molecule has 2 rings (SSSR count). The Morgan fingerprint density at radius 1 is 1.20 bits per heavy atom. The smallest absolute Gasteiger partial charge is 0.306 e. The first kappa shape index (κ1) is 14.0. The molecular weight excluding hydrogens is 281 g/mol. The lowest BCUT2D eigenvalue weighted by Crippen LogP contribution is -2.24. The van der Waals surface area contributed by atoms with E-state index < -0.39 is 6.03 Å². The van der Waals surface area contributed by atoms with Gasteiger partial charge < -0.3 is 5.32 Å². The molecule has 6 heteroatoms. The average molecular weight is 292 g/mol. The van der Waals surface area contributed by atoms with Gasteiger partial charge in [-0.25, -0.2) is 14.6 Å². The van der Waals surface area contributed by atoms with Crippen molar-refractivity contribution in [2.45, 2.75) is 0 Å². The van der Waals surface area contributed by atoms with Crippen molar-refractivity contribution in [3.8, 4) is 0 Å². The monoisotopic (exact) mass is 291 g/mol. The second kappa shape index (κ2) is 6.68. The van der Waals surface area contributed by atoms with Crippen LogP contribution in [0.3, 0.4) is 0 Å². The SMILES string of the molecule is O=C(N/N=C\c1ccc(F)cc1)Nc1cccc(Cl)c1. The highest BCUT2D eigenvalue weighted by molar-refractivity contribution is 6.30. The summed E-state index contributed by atoms with van der Waals surface area (Å²) in [5.74, 6) is -0.325. The molecule has 2 aromatic rings. The number of rotatable bonds is 3.